The van der Waals surface area contributed by atoms with Gasteiger partial charge in [0.1, 0.15) is 0 Å². The first-order valence-electron chi connectivity index (χ1n) is 5.14. The number of rotatable bonds is 3. The van der Waals surface area contributed by atoms with Crippen LogP contribution in [0.1, 0.15) is 10.5 Å². The zero-order chi connectivity index (χ0) is 14.0. The molecule has 0 fully saturated rings. The summed E-state index contributed by atoms with van der Waals surface area (Å²) in [6, 6.07) is 6.76. The van der Waals surface area contributed by atoms with Crippen molar-refractivity contribution in [3.05, 3.63) is 50.8 Å². The van der Waals surface area contributed by atoms with E-state index in [-0.39, 0.29) is 0 Å². The Bertz CT molecular complexity index is 733. The Kier molecular flexibility index (Phi) is 3.52. The lowest BCUT2D eigenvalue weighted by molar-refractivity contribution is 0.0685. The molecule has 0 spiro atoms. The van der Waals surface area contributed by atoms with E-state index in [0.717, 1.165) is 9.58 Å². The van der Waals surface area contributed by atoms with E-state index in [9.17, 15) is 14.4 Å². The molecule has 1 aromatic heterocycles. The molecule has 2 N–H and O–H groups in total. The van der Waals surface area contributed by atoms with Gasteiger partial charge in [0.25, 0.3) is 5.56 Å². The van der Waals surface area contributed by atoms with E-state index in [0.29, 0.717) is 5.69 Å². The second-order valence-electron chi connectivity index (χ2n) is 3.52. The van der Waals surface area contributed by atoms with Gasteiger partial charge in [-0.25, -0.2) is 9.59 Å². The number of carbonyl (C=O) groups is 1. The summed E-state index contributed by atoms with van der Waals surface area (Å²) in [5.74, 6) is -1.49. The van der Waals surface area contributed by atoms with Gasteiger partial charge in [0.15, 0.2) is 0 Å². The zero-order valence-corrected chi connectivity index (χ0v) is 10.6. The largest absolute Gasteiger partial charge is 0.476 e. The Hall–Kier alpha value is -2.35. The highest BCUT2D eigenvalue weighted by atomic mass is 32.2. The Balaban J connectivity index is 2.61. The number of carboxylic acid groups (broad SMARTS) is 1. The number of benzene rings is 1. The summed E-state index contributed by atoms with van der Waals surface area (Å²) in [5.41, 5.74) is -2.16. The lowest BCUT2D eigenvalue weighted by Gasteiger charge is -2.05. The molecule has 0 atom stereocenters. The van der Waals surface area contributed by atoms with E-state index in [4.69, 9.17) is 5.11 Å². The number of H-pyrrole nitrogens is 1. The SMILES string of the molecule is CSc1ccc(-n2nc(C(=O)O)c(=O)[nH]c2=O)cc1. The van der Waals surface area contributed by atoms with Crippen molar-refractivity contribution in [3.63, 3.8) is 0 Å². The summed E-state index contributed by atoms with van der Waals surface area (Å²) >= 11 is 1.53. The first kappa shape index (κ1) is 13.1. The van der Waals surface area contributed by atoms with Crippen molar-refractivity contribution in [2.75, 3.05) is 6.26 Å². The number of aromatic amines is 1. The molecule has 0 amide bonds. The fourth-order valence-corrected chi connectivity index (χ4v) is 1.85. The molecule has 1 heterocycles. The molecule has 0 bridgehead atoms. The predicted octanol–water partition coefficient (Wildman–Crippen LogP) is 0.341. The summed E-state index contributed by atoms with van der Waals surface area (Å²) in [5, 5.41) is 12.4. The van der Waals surface area contributed by atoms with Crippen molar-refractivity contribution in [1.29, 1.82) is 0 Å². The topological polar surface area (TPSA) is 105 Å². The molecular formula is C11H9N3O4S. The van der Waals surface area contributed by atoms with E-state index in [1.54, 1.807) is 24.3 Å². The first-order chi connectivity index (χ1) is 9.02. The number of hydrogen-bond acceptors (Lipinski definition) is 5. The second-order valence-corrected chi connectivity index (χ2v) is 4.40. The molecule has 98 valence electrons. The smallest absolute Gasteiger partial charge is 0.362 e. The van der Waals surface area contributed by atoms with Crippen LogP contribution in [-0.2, 0) is 0 Å². The number of aromatic nitrogens is 3. The molecule has 7 nitrogen and oxygen atoms in total. The van der Waals surface area contributed by atoms with Gasteiger partial charge < -0.3 is 5.11 Å². The highest BCUT2D eigenvalue weighted by molar-refractivity contribution is 7.98. The minimum atomic E-state index is -1.49. The van der Waals surface area contributed by atoms with Gasteiger partial charge in [-0.3, -0.25) is 9.78 Å². The van der Waals surface area contributed by atoms with E-state index in [1.165, 1.54) is 11.8 Å². The van der Waals surface area contributed by atoms with Crippen LogP contribution < -0.4 is 11.2 Å². The van der Waals surface area contributed by atoms with Crippen molar-refractivity contribution in [1.82, 2.24) is 14.8 Å². The predicted molar refractivity (Wildman–Crippen MR) is 69.2 cm³/mol. The zero-order valence-electron chi connectivity index (χ0n) is 9.78. The Labute approximate surface area is 110 Å². The van der Waals surface area contributed by atoms with Gasteiger partial charge in [-0.15, -0.1) is 11.8 Å². The van der Waals surface area contributed by atoms with Crippen LogP contribution in [0.5, 0.6) is 0 Å². The van der Waals surface area contributed by atoms with Gasteiger partial charge in [0, 0.05) is 4.90 Å². The molecule has 0 unspecified atom stereocenters. The molecule has 1 aromatic carbocycles. The van der Waals surface area contributed by atoms with Gasteiger partial charge in [0.05, 0.1) is 5.69 Å². The highest BCUT2D eigenvalue weighted by Crippen LogP contribution is 2.15. The third-order valence-electron chi connectivity index (χ3n) is 2.35. The minimum absolute atomic E-state index is 0.376. The lowest BCUT2D eigenvalue weighted by atomic mass is 10.3. The number of thioether (sulfide) groups is 1. The number of hydrogen-bond donors (Lipinski definition) is 2. The van der Waals surface area contributed by atoms with Crippen LogP contribution >= 0.6 is 11.8 Å². The van der Waals surface area contributed by atoms with Crippen molar-refractivity contribution < 1.29 is 9.90 Å². The van der Waals surface area contributed by atoms with Crippen LogP contribution in [0.3, 0.4) is 0 Å². The summed E-state index contributed by atoms with van der Waals surface area (Å²) < 4.78 is 0.842. The maximum atomic E-state index is 11.6. The van der Waals surface area contributed by atoms with Gasteiger partial charge in [0.2, 0.25) is 5.69 Å². The van der Waals surface area contributed by atoms with Gasteiger partial charge >= 0.3 is 11.7 Å². The van der Waals surface area contributed by atoms with Crippen molar-refractivity contribution in [2.45, 2.75) is 4.90 Å². The third kappa shape index (κ3) is 2.58. The highest BCUT2D eigenvalue weighted by Gasteiger charge is 2.14. The number of aromatic carboxylic acids is 1. The van der Waals surface area contributed by atoms with E-state index in [1.807, 2.05) is 11.2 Å². The maximum Gasteiger partial charge on any atom is 0.362 e. The van der Waals surface area contributed by atoms with Crippen LogP contribution in [0.25, 0.3) is 5.69 Å². The maximum absolute atomic E-state index is 11.6. The van der Waals surface area contributed by atoms with Crippen molar-refractivity contribution >= 4 is 17.7 Å². The molecule has 0 aliphatic carbocycles. The molecular weight excluding hydrogens is 270 g/mol. The minimum Gasteiger partial charge on any atom is -0.476 e. The molecule has 0 radical (unpaired) electrons. The Morgan fingerprint density at radius 2 is 1.95 bits per heavy atom. The van der Waals surface area contributed by atoms with Crippen molar-refractivity contribution in [3.8, 4) is 5.69 Å². The molecule has 0 saturated heterocycles. The van der Waals surface area contributed by atoms with Crippen LogP contribution in [0.2, 0.25) is 0 Å². The lowest BCUT2D eigenvalue weighted by Crippen LogP contribution is -2.35. The summed E-state index contributed by atoms with van der Waals surface area (Å²) in [4.78, 5) is 36.6. The molecule has 0 aliphatic heterocycles. The average molecular weight is 279 g/mol. The fourth-order valence-electron chi connectivity index (χ4n) is 1.44. The molecule has 2 rings (SSSR count). The third-order valence-corrected chi connectivity index (χ3v) is 3.09. The van der Waals surface area contributed by atoms with Crippen LogP contribution in [0.15, 0.2) is 38.8 Å². The monoisotopic (exact) mass is 279 g/mol. The molecule has 0 aliphatic rings. The number of nitrogens with one attached hydrogen (secondary N) is 1. The quantitative estimate of drug-likeness (QED) is 0.785. The van der Waals surface area contributed by atoms with E-state index in [2.05, 4.69) is 5.10 Å². The fraction of sp³-hybridized carbons (Fsp3) is 0.0909. The average Bonchev–Trinajstić information content (AvgIpc) is 2.38. The summed E-state index contributed by atoms with van der Waals surface area (Å²) in [6.07, 6.45) is 1.90. The van der Waals surface area contributed by atoms with Gasteiger partial charge in [-0.1, -0.05) is 0 Å². The number of nitrogens with zero attached hydrogens (tertiary/aromatic N) is 2. The summed E-state index contributed by atoms with van der Waals surface area (Å²) in [6.45, 7) is 0. The first-order valence-corrected chi connectivity index (χ1v) is 6.37. The van der Waals surface area contributed by atoms with Gasteiger partial charge in [-0.05, 0) is 30.5 Å². The van der Waals surface area contributed by atoms with E-state index >= 15 is 0 Å². The normalized spacial score (nSPS) is 10.4. The summed E-state index contributed by atoms with van der Waals surface area (Å²) in [7, 11) is 0. The Morgan fingerprint density at radius 3 is 2.47 bits per heavy atom. The van der Waals surface area contributed by atoms with Crippen LogP contribution in [0, 0.1) is 0 Å². The number of carboxylic acids is 1. The Morgan fingerprint density at radius 1 is 1.32 bits per heavy atom. The molecule has 0 saturated carbocycles. The second kappa shape index (κ2) is 5.11. The molecule has 2 aromatic rings. The molecule has 8 heteroatoms. The van der Waals surface area contributed by atoms with Crippen LogP contribution in [0.4, 0.5) is 0 Å². The van der Waals surface area contributed by atoms with E-state index < -0.39 is 22.9 Å². The van der Waals surface area contributed by atoms with Crippen LogP contribution in [-0.4, -0.2) is 32.1 Å². The van der Waals surface area contributed by atoms with Crippen molar-refractivity contribution in [2.24, 2.45) is 0 Å². The van der Waals surface area contributed by atoms with Gasteiger partial charge in [-0.2, -0.15) is 9.78 Å². The molecule has 19 heavy (non-hydrogen) atoms. The standard InChI is InChI=1S/C11H9N3O4S/c1-19-7-4-2-6(3-5-7)14-11(18)12-9(15)8(13-14)10(16)17/h2-5H,1H3,(H,16,17)(H,12,15,18).